The lowest BCUT2D eigenvalue weighted by molar-refractivity contribution is 0.423. The highest BCUT2D eigenvalue weighted by atomic mass is 35.5. The highest BCUT2D eigenvalue weighted by Gasteiger charge is 2.27. The Morgan fingerprint density at radius 3 is 1.81 bits per heavy atom. The fourth-order valence-corrected chi connectivity index (χ4v) is 3.10. The summed E-state index contributed by atoms with van der Waals surface area (Å²) < 4.78 is 5.82. The molecule has 0 unspecified atom stereocenters. The molecule has 0 aromatic heterocycles. The number of aromatic hydroxyl groups is 1. The Balaban J connectivity index is 2.50. The average Bonchev–Trinajstić information content (AvgIpc) is 2.48. The molecular weight excluding hydrogens is 387 g/mol. The third kappa shape index (κ3) is 4.70. The molecule has 0 atom stereocenters. The van der Waals surface area contributed by atoms with Crippen molar-refractivity contribution in [3.05, 3.63) is 57.1 Å². The molecule has 0 aliphatic rings. The zero-order chi connectivity index (χ0) is 19.9. The van der Waals surface area contributed by atoms with Crippen LogP contribution in [0.3, 0.4) is 0 Å². The van der Waals surface area contributed by atoms with Crippen LogP contribution in [-0.2, 0) is 10.8 Å². The van der Waals surface area contributed by atoms with Gasteiger partial charge in [-0.3, -0.25) is 0 Å². The predicted octanol–water partition coefficient (Wildman–Crippen LogP) is 7.05. The van der Waals surface area contributed by atoms with E-state index in [0.717, 1.165) is 16.7 Å². The maximum Gasteiger partial charge on any atom is 0.198 e. The van der Waals surface area contributed by atoms with Gasteiger partial charge < -0.3 is 9.84 Å². The van der Waals surface area contributed by atoms with Gasteiger partial charge in [-0.25, -0.2) is 0 Å². The zero-order valence-electron chi connectivity index (χ0n) is 15.9. The van der Waals surface area contributed by atoms with Gasteiger partial charge in [-0.2, -0.15) is 0 Å². The smallest absolute Gasteiger partial charge is 0.198 e. The maximum atomic E-state index is 10.8. The molecule has 0 amide bonds. The van der Waals surface area contributed by atoms with Crippen molar-refractivity contribution in [1.29, 1.82) is 0 Å². The first-order valence-electron chi connectivity index (χ1n) is 8.36. The number of rotatable bonds is 2. The molecule has 0 radical (unpaired) electrons. The zero-order valence-corrected chi connectivity index (χ0v) is 18.2. The Morgan fingerprint density at radius 2 is 1.38 bits per heavy atom. The summed E-state index contributed by atoms with van der Waals surface area (Å²) in [6, 6.07) is 8.80. The molecular formula is C21H24Cl2O2S. The number of thiocarbonyl (C=S) groups is 1. The summed E-state index contributed by atoms with van der Waals surface area (Å²) in [4.78, 5) is 0. The van der Waals surface area contributed by atoms with Gasteiger partial charge in [0.05, 0.1) is 10.0 Å². The van der Waals surface area contributed by atoms with E-state index in [1.807, 2.05) is 12.1 Å². The van der Waals surface area contributed by atoms with Gasteiger partial charge in [0, 0.05) is 22.8 Å². The molecule has 2 aromatic rings. The van der Waals surface area contributed by atoms with Gasteiger partial charge in [0.25, 0.3) is 0 Å². The van der Waals surface area contributed by atoms with Gasteiger partial charge in [0.1, 0.15) is 11.5 Å². The van der Waals surface area contributed by atoms with Gasteiger partial charge in [0.2, 0.25) is 0 Å². The van der Waals surface area contributed by atoms with Gasteiger partial charge in [-0.1, -0.05) is 64.7 Å². The standard InChI is InChI=1S/C21H24Cl2O2S/c1-20(2,3)14-9-12(10-15(18(14)24)21(4,5)6)19(26)25-13-7-8-16(22)17(23)11-13/h7-11,24H,1-6H3. The van der Waals surface area contributed by atoms with E-state index in [1.165, 1.54) is 0 Å². The van der Waals surface area contributed by atoms with Crippen molar-refractivity contribution in [3.63, 3.8) is 0 Å². The van der Waals surface area contributed by atoms with Crippen molar-refractivity contribution < 1.29 is 9.84 Å². The molecule has 2 rings (SSSR count). The molecule has 0 aliphatic heterocycles. The Kier molecular flexibility index (Phi) is 5.96. The monoisotopic (exact) mass is 410 g/mol. The molecule has 5 heteroatoms. The molecule has 0 spiro atoms. The Bertz CT molecular complexity index is 811. The van der Waals surface area contributed by atoms with Crippen molar-refractivity contribution >= 4 is 40.5 Å². The summed E-state index contributed by atoms with van der Waals surface area (Å²) in [7, 11) is 0. The molecule has 26 heavy (non-hydrogen) atoms. The van der Waals surface area contributed by atoms with Crippen LogP contribution in [-0.4, -0.2) is 10.2 Å². The number of phenolic OH excluding ortho intramolecular Hbond substituents is 1. The van der Waals surface area contributed by atoms with Crippen LogP contribution < -0.4 is 4.74 Å². The minimum Gasteiger partial charge on any atom is -0.507 e. The number of hydrogen-bond donors (Lipinski definition) is 1. The largest absolute Gasteiger partial charge is 0.507 e. The topological polar surface area (TPSA) is 29.5 Å². The minimum atomic E-state index is -0.237. The second-order valence-electron chi connectivity index (χ2n) is 8.39. The lowest BCUT2D eigenvalue weighted by atomic mass is 9.78. The van der Waals surface area contributed by atoms with E-state index in [4.69, 9.17) is 40.2 Å². The van der Waals surface area contributed by atoms with E-state index in [-0.39, 0.29) is 10.8 Å². The fourth-order valence-electron chi connectivity index (χ4n) is 2.60. The molecule has 2 nitrogen and oxygen atoms in total. The van der Waals surface area contributed by atoms with Crippen molar-refractivity contribution in [1.82, 2.24) is 0 Å². The Hall–Kier alpha value is -1.29. The summed E-state index contributed by atoms with van der Waals surface area (Å²) in [5, 5.41) is 12.0. The molecule has 1 N–H and O–H groups in total. The molecule has 0 saturated heterocycles. The fraction of sp³-hybridized carbons (Fsp3) is 0.381. The molecule has 0 aliphatic carbocycles. The van der Waals surface area contributed by atoms with Crippen LogP contribution in [0.15, 0.2) is 30.3 Å². The number of phenols is 1. The summed E-state index contributed by atoms with van der Waals surface area (Å²) in [5.74, 6) is 0.832. The van der Waals surface area contributed by atoms with Crippen LogP contribution in [0.4, 0.5) is 0 Å². The van der Waals surface area contributed by atoms with Crippen molar-refractivity contribution in [2.45, 2.75) is 52.4 Å². The van der Waals surface area contributed by atoms with Crippen LogP contribution in [0.25, 0.3) is 0 Å². The van der Waals surface area contributed by atoms with E-state index < -0.39 is 0 Å². The van der Waals surface area contributed by atoms with Crippen LogP contribution in [0.5, 0.6) is 11.5 Å². The second-order valence-corrected chi connectivity index (χ2v) is 9.57. The van der Waals surface area contributed by atoms with Gasteiger partial charge >= 0.3 is 0 Å². The first-order chi connectivity index (χ1) is 11.8. The van der Waals surface area contributed by atoms with Gasteiger partial charge in [-0.15, -0.1) is 0 Å². The molecule has 140 valence electrons. The van der Waals surface area contributed by atoms with Gasteiger partial charge in [0.15, 0.2) is 5.05 Å². The lowest BCUT2D eigenvalue weighted by Crippen LogP contribution is -2.19. The van der Waals surface area contributed by atoms with Crippen LogP contribution in [0, 0.1) is 0 Å². The summed E-state index contributed by atoms with van der Waals surface area (Å²) in [5.41, 5.74) is 1.94. The number of hydrogen-bond acceptors (Lipinski definition) is 3. The number of ether oxygens (including phenoxy) is 1. The van der Waals surface area contributed by atoms with Crippen molar-refractivity contribution in [2.24, 2.45) is 0 Å². The number of halogens is 2. The van der Waals surface area contributed by atoms with Crippen LogP contribution in [0.2, 0.25) is 10.0 Å². The highest BCUT2D eigenvalue weighted by Crippen LogP contribution is 2.40. The van der Waals surface area contributed by atoms with Crippen LogP contribution >= 0.6 is 35.4 Å². The summed E-state index contributed by atoms with van der Waals surface area (Å²) >= 11 is 17.5. The van der Waals surface area contributed by atoms with E-state index in [0.29, 0.717) is 26.6 Å². The van der Waals surface area contributed by atoms with E-state index >= 15 is 0 Å². The van der Waals surface area contributed by atoms with Gasteiger partial charge in [-0.05, 0) is 47.3 Å². The normalized spacial score (nSPS) is 12.2. The number of benzene rings is 2. The molecule has 0 saturated carbocycles. The first-order valence-corrected chi connectivity index (χ1v) is 9.52. The van der Waals surface area contributed by atoms with Crippen LogP contribution in [0.1, 0.15) is 58.2 Å². The SMILES string of the molecule is CC(C)(C)c1cc(C(=S)Oc2ccc(Cl)c(Cl)c2)cc(C(C)(C)C)c1O. The predicted molar refractivity (Wildman–Crippen MR) is 114 cm³/mol. The first kappa shape index (κ1) is 21.0. The minimum absolute atomic E-state index is 0.237. The summed E-state index contributed by atoms with van der Waals surface area (Å²) in [6.07, 6.45) is 0. The molecule has 0 heterocycles. The molecule has 0 bridgehead atoms. The third-order valence-corrected chi connectivity index (χ3v) is 5.12. The van der Waals surface area contributed by atoms with Crippen molar-refractivity contribution in [3.8, 4) is 11.5 Å². The maximum absolute atomic E-state index is 10.8. The van der Waals surface area contributed by atoms with E-state index in [1.54, 1.807) is 18.2 Å². The van der Waals surface area contributed by atoms with E-state index in [9.17, 15) is 5.11 Å². The van der Waals surface area contributed by atoms with Crippen molar-refractivity contribution in [2.75, 3.05) is 0 Å². The third-order valence-electron chi connectivity index (χ3n) is 4.06. The molecule has 0 fully saturated rings. The van der Waals surface area contributed by atoms with E-state index in [2.05, 4.69) is 41.5 Å². The lowest BCUT2D eigenvalue weighted by Gasteiger charge is -2.28. The highest BCUT2D eigenvalue weighted by molar-refractivity contribution is 7.80. The molecule has 2 aromatic carbocycles. The summed E-state index contributed by atoms with van der Waals surface area (Å²) in [6.45, 7) is 12.3. The Labute approximate surface area is 171 Å². The quantitative estimate of drug-likeness (QED) is 0.537. The second kappa shape index (κ2) is 7.38. The Morgan fingerprint density at radius 1 is 0.885 bits per heavy atom. The average molecular weight is 411 g/mol.